The fourth-order valence-electron chi connectivity index (χ4n) is 1.98. The van der Waals surface area contributed by atoms with Crippen molar-refractivity contribution in [3.8, 4) is 0 Å². The van der Waals surface area contributed by atoms with Crippen molar-refractivity contribution in [3.05, 3.63) is 59.8 Å². The molecule has 1 aromatic heterocycles. The number of aryl methyl sites for hydroxylation is 1. The van der Waals surface area contributed by atoms with Crippen molar-refractivity contribution in [1.29, 1.82) is 0 Å². The number of furan rings is 1. The zero-order valence-corrected chi connectivity index (χ0v) is 11.9. The fourth-order valence-corrected chi connectivity index (χ4v) is 1.98. The third-order valence-electron chi connectivity index (χ3n) is 3.18. The molecule has 0 fully saturated rings. The van der Waals surface area contributed by atoms with E-state index in [9.17, 15) is 9.18 Å². The zero-order valence-electron chi connectivity index (χ0n) is 11.9. The van der Waals surface area contributed by atoms with Gasteiger partial charge in [-0.15, -0.1) is 0 Å². The van der Waals surface area contributed by atoms with Crippen molar-refractivity contribution < 1.29 is 13.6 Å². The van der Waals surface area contributed by atoms with E-state index in [1.54, 1.807) is 24.5 Å². The summed E-state index contributed by atoms with van der Waals surface area (Å²) in [6, 6.07) is 9.84. The molecule has 112 valence electrons. The van der Waals surface area contributed by atoms with Gasteiger partial charge in [-0.25, -0.2) is 9.18 Å². The van der Waals surface area contributed by atoms with Crippen LogP contribution in [0.3, 0.4) is 0 Å². The largest absolute Gasteiger partial charge is 0.469 e. The van der Waals surface area contributed by atoms with Crippen LogP contribution in [-0.2, 0) is 13.0 Å². The third-order valence-corrected chi connectivity index (χ3v) is 3.18. The number of hydrogen-bond donors (Lipinski definition) is 2. The summed E-state index contributed by atoms with van der Waals surface area (Å²) in [7, 11) is 0. The van der Waals surface area contributed by atoms with E-state index in [2.05, 4.69) is 10.6 Å². The Hall–Kier alpha value is -2.30. The van der Waals surface area contributed by atoms with E-state index >= 15 is 0 Å². The van der Waals surface area contributed by atoms with Gasteiger partial charge in [0.2, 0.25) is 0 Å². The number of halogens is 1. The zero-order chi connectivity index (χ0) is 15.1. The van der Waals surface area contributed by atoms with Crippen molar-refractivity contribution in [3.63, 3.8) is 0 Å². The molecule has 1 atom stereocenters. The van der Waals surface area contributed by atoms with E-state index in [-0.39, 0.29) is 24.4 Å². The van der Waals surface area contributed by atoms with Gasteiger partial charge in [-0.3, -0.25) is 0 Å². The quantitative estimate of drug-likeness (QED) is 0.858. The molecule has 0 spiro atoms. The van der Waals surface area contributed by atoms with Gasteiger partial charge in [-0.2, -0.15) is 0 Å². The lowest BCUT2D eigenvalue weighted by molar-refractivity contribution is 0.236. The highest BCUT2D eigenvalue weighted by Gasteiger charge is 2.09. The highest BCUT2D eigenvalue weighted by molar-refractivity contribution is 5.74. The normalized spacial score (nSPS) is 11.9. The van der Waals surface area contributed by atoms with Gasteiger partial charge in [0.1, 0.15) is 11.6 Å². The van der Waals surface area contributed by atoms with E-state index in [1.165, 1.54) is 6.07 Å². The first-order chi connectivity index (χ1) is 10.1. The standard InChI is InChI=1S/C16H19FN2O2/c1-12(8-9-14-6-4-10-21-14)19-16(20)18-11-13-5-2-3-7-15(13)17/h2-7,10,12H,8-9,11H2,1H3,(H2,18,19,20). The Morgan fingerprint density at radius 2 is 2.10 bits per heavy atom. The van der Waals surface area contributed by atoms with E-state index in [4.69, 9.17) is 4.42 Å². The first kappa shape index (κ1) is 15.1. The first-order valence-electron chi connectivity index (χ1n) is 6.95. The monoisotopic (exact) mass is 290 g/mol. The second-order valence-corrected chi connectivity index (χ2v) is 4.94. The lowest BCUT2D eigenvalue weighted by Crippen LogP contribution is -2.40. The number of hydrogen-bond acceptors (Lipinski definition) is 2. The van der Waals surface area contributed by atoms with Crippen molar-refractivity contribution >= 4 is 6.03 Å². The second kappa shape index (κ2) is 7.47. The van der Waals surface area contributed by atoms with Crippen LogP contribution >= 0.6 is 0 Å². The summed E-state index contributed by atoms with van der Waals surface area (Å²) in [5.41, 5.74) is 0.468. The van der Waals surface area contributed by atoms with Crippen LogP contribution in [0.15, 0.2) is 47.1 Å². The minimum Gasteiger partial charge on any atom is -0.469 e. The van der Waals surface area contributed by atoms with Crippen molar-refractivity contribution in [1.82, 2.24) is 10.6 Å². The highest BCUT2D eigenvalue weighted by Crippen LogP contribution is 2.07. The number of urea groups is 1. The molecule has 1 unspecified atom stereocenters. The molecule has 0 aliphatic heterocycles. The van der Waals surface area contributed by atoms with E-state index < -0.39 is 0 Å². The van der Waals surface area contributed by atoms with Crippen LogP contribution in [-0.4, -0.2) is 12.1 Å². The lowest BCUT2D eigenvalue weighted by Gasteiger charge is -2.14. The van der Waals surface area contributed by atoms with Crippen LogP contribution < -0.4 is 10.6 Å². The lowest BCUT2D eigenvalue weighted by atomic mass is 10.1. The van der Waals surface area contributed by atoms with Crippen LogP contribution in [0.1, 0.15) is 24.7 Å². The average molecular weight is 290 g/mol. The third kappa shape index (κ3) is 4.95. The molecule has 0 radical (unpaired) electrons. The number of nitrogens with one attached hydrogen (secondary N) is 2. The summed E-state index contributed by atoms with van der Waals surface area (Å²) in [6.45, 7) is 2.09. The molecule has 5 heteroatoms. The van der Waals surface area contributed by atoms with E-state index in [1.807, 2.05) is 19.1 Å². The molecule has 1 heterocycles. The number of carbonyl (C=O) groups excluding carboxylic acids is 1. The molecule has 0 aliphatic rings. The smallest absolute Gasteiger partial charge is 0.315 e. The summed E-state index contributed by atoms with van der Waals surface area (Å²) >= 11 is 0. The molecule has 0 saturated carbocycles. The number of rotatable bonds is 6. The van der Waals surface area contributed by atoms with Gasteiger partial charge < -0.3 is 15.1 Å². The molecule has 1 aromatic carbocycles. The Morgan fingerprint density at radius 1 is 1.29 bits per heavy atom. The second-order valence-electron chi connectivity index (χ2n) is 4.94. The molecule has 2 aromatic rings. The predicted molar refractivity (Wildman–Crippen MR) is 78.3 cm³/mol. The van der Waals surface area contributed by atoms with Gasteiger partial charge in [0, 0.05) is 24.6 Å². The summed E-state index contributed by atoms with van der Waals surface area (Å²) in [5, 5.41) is 5.47. The average Bonchev–Trinajstić information content (AvgIpc) is 2.97. The van der Waals surface area contributed by atoms with Crippen LogP contribution in [0.25, 0.3) is 0 Å². The SMILES string of the molecule is CC(CCc1ccco1)NC(=O)NCc1ccccc1F. The Balaban J connectivity index is 1.70. The molecule has 4 nitrogen and oxygen atoms in total. The minimum absolute atomic E-state index is 0.00993. The van der Waals surface area contributed by atoms with Crippen LogP contribution in [0.5, 0.6) is 0 Å². The van der Waals surface area contributed by atoms with Crippen LogP contribution in [0.4, 0.5) is 9.18 Å². The van der Waals surface area contributed by atoms with Crippen LogP contribution in [0, 0.1) is 5.82 Å². The van der Waals surface area contributed by atoms with Crippen molar-refractivity contribution in [2.45, 2.75) is 32.4 Å². The topological polar surface area (TPSA) is 54.3 Å². The van der Waals surface area contributed by atoms with Gasteiger partial charge in [0.15, 0.2) is 0 Å². The first-order valence-corrected chi connectivity index (χ1v) is 6.95. The molecule has 0 saturated heterocycles. The molecule has 2 N–H and O–H groups in total. The van der Waals surface area contributed by atoms with Gasteiger partial charge >= 0.3 is 6.03 Å². The summed E-state index contributed by atoms with van der Waals surface area (Å²) in [6.07, 6.45) is 3.18. The Bertz CT molecular complexity index is 569. The summed E-state index contributed by atoms with van der Waals surface area (Å²) < 4.78 is 18.6. The maximum Gasteiger partial charge on any atom is 0.315 e. The predicted octanol–water partition coefficient (Wildman–Crippen LogP) is 3.24. The van der Waals surface area contributed by atoms with E-state index in [0.717, 1.165) is 18.6 Å². The maximum absolute atomic E-state index is 13.4. The molecule has 0 bridgehead atoms. The van der Waals surface area contributed by atoms with Gasteiger partial charge in [0.25, 0.3) is 0 Å². The Labute approximate surface area is 123 Å². The molecular formula is C16H19FN2O2. The van der Waals surface area contributed by atoms with Crippen molar-refractivity contribution in [2.24, 2.45) is 0 Å². The fraction of sp³-hybridized carbons (Fsp3) is 0.312. The molecule has 2 rings (SSSR count). The number of benzene rings is 1. The minimum atomic E-state index is -0.316. The van der Waals surface area contributed by atoms with Crippen molar-refractivity contribution in [2.75, 3.05) is 0 Å². The molecular weight excluding hydrogens is 271 g/mol. The molecule has 21 heavy (non-hydrogen) atoms. The Morgan fingerprint density at radius 3 is 2.81 bits per heavy atom. The molecule has 2 amide bonds. The number of amides is 2. The van der Waals surface area contributed by atoms with Gasteiger partial charge in [0.05, 0.1) is 6.26 Å². The van der Waals surface area contributed by atoms with Crippen LogP contribution in [0.2, 0.25) is 0 Å². The molecule has 0 aliphatic carbocycles. The maximum atomic E-state index is 13.4. The summed E-state index contributed by atoms with van der Waals surface area (Å²) in [5.74, 6) is 0.582. The van der Waals surface area contributed by atoms with E-state index in [0.29, 0.717) is 5.56 Å². The van der Waals surface area contributed by atoms with Gasteiger partial charge in [-0.05, 0) is 31.5 Å². The number of carbonyl (C=O) groups is 1. The van der Waals surface area contributed by atoms with Gasteiger partial charge in [-0.1, -0.05) is 18.2 Å². The highest BCUT2D eigenvalue weighted by atomic mass is 19.1. The summed E-state index contributed by atoms with van der Waals surface area (Å²) in [4.78, 5) is 11.7. The Kier molecular flexibility index (Phi) is 5.37.